The number of nitrogens with zero attached hydrogens (tertiary/aromatic N) is 2. The summed E-state index contributed by atoms with van der Waals surface area (Å²) in [6.07, 6.45) is 7.54. The van der Waals surface area contributed by atoms with Crippen LogP contribution in [0.1, 0.15) is 41.7 Å². The van der Waals surface area contributed by atoms with Gasteiger partial charge in [0.05, 0.1) is 12.7 Å². The summed E-state index contributed by atoms with van der Waals surface area (Å²) in [4.78, 5) is 21.0. The molecule has 0 saturated carbocycles. The monoisotopic (exact) mass is 328 g/mol. The van der Waals surface area contributed by atoms with E-state index in [1.807, 2.05) is 19.0 Å². The van der Waals surface area contributed by atoms with Gasteiger partial charge in [-0.1, -0.05) is 43.2 Å². The van der Waals surface area contributed by atoms with E-state index in [2.05, 4.69) is 45.6 Å². The number of aromatic nitrogens is 2. The second-order valence-corrected chi connectivity index (χ2v) is 6.38. The minimum atomic E-state index is 0.0569. The number of carbonyl (C=O) groups is 1. The lowest BCUT2D eigenvalue weighted by Gasteiger charge is -2.06. The largest absolute Gasteiger partial charge is 0.356 e. The summed E-state index contributed by atoms with van der Waals surface area (Å²) in [6.45, 7) is 1.27. The second-order valence-electron chi connectivity index (χ2n) is 6.38. The Bertz CT molecular complexity index is 607. The number of ketones is 1. The number of aromatic amines is 1. The van der Waals surface area contributed by atoms with E-state index >= 15 is 0 Å². The highest BCUT2D eigenvalue weighted by molar-refractivity contribution is 5.96. The van der Waals surface area contributed by atoms with Crippen molar-refractivity contribution in [3.8, 4) is 0 Å². The molecule has 5 nitrogen and oxygen atoms in total. The predicted octanol–water partition coefficient (Wildman–Crippen LogP) is 3.37. The zero-order valence-corrected chi connectivity index (χ0v) is 14.7. The molecule has 0 atom stereocenters. The van der Waals surface area contributed by atoms with Crippen molar-refractivity contribution in [3.63, 3.8) is 0 Å². The van der Waals surface area contributed by atoms with Gasteiger partial charge >= 0.3 is 0 Å². The second kappa shape index (κ2) is 9.88. The molecule has 130 valence electrons. The molecule has 5 heteroatoms. The third kappa shape index (κ3) is 6.54. The van der Waals surface area contributed by atoms with Crippen LogP contribution in [0.2, 0.25) is 0 Å². The number of likely N-dealkylation sites (N-methyl/N-ethyl adjacent to an activating group) is 1. The van der Waals surface area contributed by atoms with E-state index in [1.54, 1.807) is 6.20 Å². The highest BCUT2D eigenvalue weighted by Crippen LogP contribution is 2.08. The molecule has 0 amide bonds. The first-order chi connectivity index (χ1) is 11.6. The number of benzene rings is 1. The van der Waals surface area contributed by atoms with Crippen LogP contribution >= 0.6 is 0 Å². The fourth-order valence-electron chi connectivity index (χ4n) is 2.58. The standard InChI is InChI=1S/C19H28N4O/c1-23(2)15-18(24)17-14-21-19(22-17)20-13-9-4-3-6-10-16-11-7-5-8-12-16/h5,7-8,11-12,14H,3-4,6,9-10,13,15H2,1-2H3,(H2,20,21,22). The van der Waals surface area contributed by atoms with Crippen molar-refractivity contribution >= 4 is 11.7 Å². The number of H-pyrrole nitrogens is 1. The fourth-order valence-corrected chi connectivity index (χ4v) is 2.58. The van der Waals surface area contributed by atoms with E-state index in [0.717, 1.165) is 19.4 Å². The van der Waals surface area contributed by atoms with E-state index < -0.39 is 0 Å². The smallest absolute Gasteiger partial charge is 0.200 e. The van der Waals surface area contributed by atoms with Crippen LogP contribution in [0, 0.1) is 0 Å². The van der Waals surface area contributed by atoms with E-state index in [4.69, 9.17) is 0 Å². The van der Waals surface area contributed by atoms with Gasteiger partial charge in [-0.15, -0.1) is 0 Å². The van der Waals surface area contributed by atoms with Gasteiger partial charge in [0.1, 0.15) is 5.69 Å². The molecule has 0 aliphatic carbocycles. The summed E-state index contributed by atoms with van der Waals surface area (Å²) in [7, 11) is 3.76. The molecule has 2 rings (SSSR count). The van der Waals surface area contributed by atoms with Crippen LogP contribution in [0.3, 0.4) is 0 Å². The van der Waals surface area contributed by atoms with Crippen LogP contribution in [-0.4, -0.2) is 47.8 Å². The Kier molecular flexibility index (Phi) is 7.49. The summed E-state index contributed by atoms with van der Waals surface area (Å²) >= 11 is 0. The molecule has 1 heterocycles. The van der Waals surface area contributed by atoms with E-state index in [9.17, 15) is 4.79 Å². The summed E-state index contributed by atoms with van der Waals surface area (Å²) in [6, 6.07) is 10.6. The molecule has 0 radical (unpaired) electrons. The fraction of sp³-hybridized carbons (Fsp3) is 0.474. The number of hydrogen-bond acceptors (Lipinski definition) is 4. The van der Waals surface area contributed by atoms with Crippen molar-refractivity contribution in [2.24, 2.45) is 0 Å². The van der Waals surface area contributed by atoms with Gasteiger partial charge in [-0.2, -0.15) is 0 Å². The first kappa shape index (κ1) is 18.2. The average Bonchev–Trinajstić information content (AvgIpc) is 3.03. The van der Waals surface area contributed by atoms with Gasteiger partial charge in [0.15, 0.2) is 5.78 Å². The Labute approximate surface area is 144 Å². The van der Waals surface area contributed by atoms with Crippen LogP contribution in [0.25, 0.3) is 0 Å². The maximum absolute atomic E-state index is 11.9. The molecule has 1 aromatic carbocycles. The van der Waals surface area contributed by atoms with Crippen LogP contribution in [0.5, 0.6) is 0 Å². The molecule has 0 saturated heterocycles. The Balaban J connectivity index is 1.56. The highest BCUT2D eigenvalue weighted by Gasteiger charge is 2.10. The molecule has 0 aliphatic rings. The van der Waals surface area contributed by atoms with Crippen molar-refractivity contribution in [2.75, 3.05) is 32.5 Å². The maximum Gasteiger partial charge on any atom is 0.200 e. The maximum atomic E-state index is 11.9. The lowest BCUT2D eigenvalue weighted by molar-refractivity contribution is 0.0953. The number of hydrogen-bond donors (Lipinski definition) is 2. The SMILES string of the molecule is CN(C)CC(=O)c1cnc(NCCCCCCc2ccccc2)[nH]1. The average molecular weight is 328 g/mol. The quantitative estimate of drug-likeness (QED) is 0.490. The number of carbonyl (C=O) groups excluding carboxylic acids is 1. The minimum absolute atomic E-state index is 0.0569. The number of aryl methyl sites for hydroxylation is 1. The summed E-state index contributed by atoms with van der Waals surface area (Å²) in [5, 5.41) is 3.25. The molecule has 0 spiro atoms. The van der Waals surface area contributed by atoms with Crippen LogP contribution in [-0.2, 0) is 6.42 Å². The van der Waals surface area contributed by atoms with Crippen molar-refractivity contribution in [2.45, 2.75) is 32.1 Å². The molecule has 24 heavy (non-hydrogen) atoms. The first-order valence-electron chi connectivity index (χ1n) is 8.66. The van der Waals surface area contributed by atoms with E-state index in [0.29, 0.717) is 18.2 Å². The topological polar surface area (TPSA) is 61.0 Å². The third-order valence-corrected chi connectivity index (χ3v) is 3.86. The van der Waals surface area contributed by atoms with E-state index in [-0.39, 0.29) is 5.78 Å². The molecule has 1 aromatic heterocycles. The Morgan fingerprint density at radius 3 is 2.62 bits per heavy atom. The lowest BCUT2D eigenvalue weighted by Crippen LogP contribution is -2.21. The Hall–Kier alpha value is -2.14. The molecular formula is C19H28N4O. The van der Waals surface area contributed by atoms with Gasteiger partial charge in [0, 0.05) is 6.54 Å². The summed E-state index contributed by atoms with van der Waals surface area (Å²) < 4.78 is 0. The summed E-state index contributed by atoms with van der Waals surface area (Å²) in [5.41, 5.74) is 1.98. The Morgan fingerprint density at radius 1 is 1.12 bits per heavy atom. The molecule has 2 N–H and O–H groups in total. The van der Waals surface area contributed by atoms with Crippen molar-refractivity contribution in [1.82, 2.24) is 14.9 Å². The predicted molar refractivity (Wildman–Crippen MR) is 98.6 cm³/mol. The molecule has 0 unspecified atom stereocenters. The normalized spacial score (nSPS) is 11.0. The molecule has 0 bridgehead atoms. The van der Waals surface area contributed by atoms with Gasteiger partial charge in [-0.05, 0) is 38.9 Å². The molecule has 0 fully saturated rings. The minimum Gasteiger partial charge on any atom is -0.356 e. The van der Waals surface area contributed by atoms with Gasteiger partial charge in [-0.25, -0.2) is 4.98 Å². The van der Waals surface area contributed by atoms with E-state index in [1.165, 1.54) is 24.8 Å². The zero-order valence-electron chi connectivity index (χ0n) is 14.7. The van der Waals surface area contributed by atoms with Crippen LogP contribution < -0.4 is 5.32 Å². The third-order valence-electron chi connectivity index (χ3n) is 3.86. The number of rotatable bonds is 11. The summed E-state index contributed by atoms with van der Waals surface area (Å²) in [5.74, 6) is 0.739. The number of unbranched alkanes of at least 4 members (excludes halogenated alkanes) is 3. The first-order valence-corrected chi connectivity index (χ1v) is 8.66. The number of anilines is 1. The van der Waals surface area contributed by atoms with Gasteiger partial charge in [-0.3, -0.25) is 4.79 Å². The van der Waals surface area contributed by atoms with Crippen LogP contribution in [0.4, 0.5) is 5.95 Å². The van der Waals surface area contributed by atoms with Crippen molar-refractivity contribution < 1.29 is 4.79 Å². The van der Waals surface area contributed by atoms with Gasteiger partial charge < -0.3 is 15.2 Å². The Morgan fingerprint density at radius 2 is 1.88 bits per heavy atom. The van der Waals surface area contributed by atoms with Crippen molar-refractivity contribution in [1.29, 1.82) is 0 Å². The lowest BCUT2D eigenvalue weighted by atomic mass is 10.1. The number of nitrogens with one attached hydrogen (secondary N) is 2. The molecular weight excluding hydrogens is 300 g/mol. The molecule has 2 aromatic rings. The van der Waals surface area contributed by atoms with Gasteiger partial charge in [0.25, 0.3) is 0 Å². The molecule has 0 aliphatic heterocycles. The van der Waals surface area contributed by atoms with Crippen LogP contribution in [0.15, 0.2) is 36.5 Å². The number of Topliss-reactive ketones (excluding diaryl/α,β-unsaturated/α-hetero) is 1. The van der Waals surface area contributed by atoms with Crippen molar-refractivity contribution in [3.05, 3.63) is 47.8 Å². The van der Waals surface area contributed by atoms with Gasteiger partial charge in [0.2, 0.25) is 5.95 Å². The highest BCUT2D eigenvalue weighted by atomic mass is 16.1. The zero-order chi connectivity index (χ0) is 17.2. The number of imidazole rings is 1.